The third-order valence-electron chi connectivity index (χ3n) is 3.89. The van der Waals surface area contributed by atoms with E-state index in [4.69, 9.17) is 5.11 Å². The average molecular weight is 293 g/mol. The van der Waals surface area contributed by atoms with Gasteiger partial charge in [-0.05, 0) is 37.8 Å². The van der Waals surface area contributed by atoms with Crippen molar-refractivity contribution in [3.63, 3.8) is 0 Å². The Morgan fingerprint density at radius 2 is 2.20 bits per heavy atom. The highest BCUT2D eigenvalue weighted by Crippen LogP contribution is 2.26. The maximum atomic E-state index is 12.5. The zero-order valence-electron chi connectivity index (χ0n) is 11.7. The number of thiophene rings is 1. The van der Waals surface area contributed by atoms with E-state index in [-0.39, 0.29) is 11.9 Å². The zero-order chi connectivity index (χ0) is 14.7. The highest BCUT2D eigenvalue weighted by molar-refractivity contribution is 7.11. The number of carboxylic acids is 1. The van der Waals surface area contributed by atoms with Crippen LogP contribution in [0.4, 0.5) is 0 Å². The number of likely N-dealkylation sites (tertiary alicyclic amines) is 1. The van der Waals surface area contributed by atoms with E-state index >= 15 is 0 Å². The van der Waals surface area contributed by atoms with Gasteiger partial charge in [0.1, 0.15) is 0 Å². The SMILES string of the molecule is CC1CCCN(C(=O)c2csc(C=CC(=O)O)c2)C1C. The van der Waals surface area contributed by atoms with Crippen LogP contribution in [0.5, 0.6) is 0 Å². The summed E-state index contributed by atoms with van der Waals surface area (Å²) in [5, 5.41) is 10.4. The van der Waals surface area contributed by atoms with Gasteiger partial charge in [-0.25, -0.2) is 4.79 Å². The molecular weight excluding hydrogens is 274 g/mol. The van der Waals surface area contributed by atoms with E-state index in [1.807, 2.05) is 4.90 Å². The minimum Gasteiger partial charge on any atom is -0.478 e. The maximum Gasteiger partial charge on any atom is 0.328 e. The van der Waals surface area contributed by atoms with Crippen molar-refractivity contribution in [2.75, 3.05) is 6.54 Å². The smallest absolute Gasteiger partial charge is 0.328 e. The van der Waals surface area contributed by atoms with E-state index < -0.39 is 5.97 Å². The summed E-state index contributed by atoms with van der Waals surface area (Å²) in [7, 11) is 0. The predicted molar refractivity (Wildman–Crippen MR) is 79.9 cm³/mol. The lowest BCUT2D eigenvalue weighted by Gasteiger charge is -2.37. The fraction of sp³-hybridized carbons (Fsp3) is 0.467. The number of carbonyl (C=O) groups is 2. The minimum absolute atomic E-state index is 0.0512. The second-order valence-electron chi connectivity index (χ2n) is 5.27. The van der Waals surface area contributed by atoms with Crippen LogP contribution >= 0.6 is 11.3 Å². The molecule has 2 unspecified atom stereocenters. The van der Waals surface area contributed by atoms with Crippen molar-refractivity contribution in [3.05, 3.63) is 28.0 Å². The molecule has 2 atom stereocenters. The second-order valence-corrected chi connectivity index (χ2v) is 6.21. The number of hydrogen-bond acceptors (Lipinski definition) is 3. The van der Waals surface area contributed by atoms with Gasteiger partial charge in [-0.15, -0.1) is 11.3 Å². The third kappa shape index (κ3) is 3.28. The second kappa shape index (κ2) is 6.22. The first-order chi connectivity index (χ1) is 9.49. The number of rotatable bonds is 3. The molecule has 1 saturated heterocycles. The molecule has 2 rings (SSSR count). The van der Waals surface area contributed by atoms with Gasteiger partial charge >= 0.3 is 5.97 Å². The monoisotopic (exact) mass is 293 g/mol. The van der Waals surface area contributed by atoms with Crippen LogP contribution in [0.2, 0.25) is 0 Å². The molecule has 1 fully saturated rings. The maximum absolute atomic E-state index is 12.5. The number of amides is 1. The minimum atomic E-state index is -0.982. The van der Waals surface area contributed by atoms with E-state index in [2.05, 4.69) is 13.8 Å². The normalized spacial score (nSPS) is 23.2. The van der Waals surface area contributed by atoms with Gasteiger partial charge in [-0.3, -0.25) is 4.79 Å². The number of aliphatic carboxylic acids is 1. The van der Waals surface area contributed by atoms with Crippen LogP contribution in [0.25, 0.3) is 6.08 Å². The van der Waals surface area contributed by atoms with Crippen molar-refractivity contribution in [2.24, 2.45) is 5.92 Å². The number of piperidine rings is 1. The molecule has 1 aliphatic rings. The lowest BCUT2D eigenvalue weighted by atomic mass is 9.91. The highest BCUT2D eigenvalue weighted by Gasteiger charge is 2.29. The van der Waals surface area contributed by atoms with Crippen molar-refractivity contribution in [2.45, 2.75) is 32.7 Å². The quantitative estimate of drug-likeness (QED) is 0.871. The fourth-order valence-corrected chi connectivity index (χ4v) is 3.27. The average Bonchev–Trinajstić information content (AvgIpc) is 2.87. The molecule has 20 heavy (non-hydrogen) atoms. The lowest BCUT2D eigenvalue weighted by Crippen LogP contribution is -2.45. The predicted octanol–water partition coefficient (Wildman–Crippen LogP) is 3.11. The molecule has 108 valence electrons. The first kappa shape index (κ1) is 14.8. The zero-order valence-corrected chi connectivity index (χ0v) is 12.5. The van der Waals surface area contributed by atoms with Crippen LogP contribution in [0.15, 0.2) is 17.5 Å². The van der Waals surface area contributed by atoms with Gasteiger partial charge in [0.05, 0.1) is 5.56 Å². The van der Waals surface area contributed by atoms with Crippen molar-refractivity contribution >= 4 is 29.3 Å². The number of carbonyl (C=O) groups excluding carboxylic acids is 1. The molecular formula is C15H19NO3S. The Morgan fingerprint density at radius 3 is 2.90 bits per heavy atom. The summed E-state index contributed by atoms with van der Waals surface area (Å²) in [6.45, 7) is 5.08. The topological polar surface area (TPSA) is 57.6 Å². The molecule has 1 N–H and O–H groups in total. The third-order valence-corrected chi connectivity index (χ3v) is 4.79. The summed E-state index contributed by atoms with van der Waals surface area (Å²) in [6.07, 6.45) is 4.83. The molecule has 0 aliphatic carbocycles. The van der Waals surface area contributed by atoms with E-state index in [0.717, 1.165) is 23.9 Å². The molecule has 2 heterocycles. The standard InChI is InChI=1S/C15H19NO3S/c1-10-4-3-7-16(11(10)2)15(19)12-8-13(20-9-12)5-6-14(17)18/h5-6,8-11H,3-4,7H2,1-2H3,(H,17,18). The summed E-state index contributed by atoms with van der Waals surface area (Å²) >= 11 is 1.39. The van der Waals surface area contributed by atoms with Crippen LogP contribution in [-0.2, 0) is 4.79 Å². The Bertz CT molecular complexity index is 535. The summed E-state index contributed by atoms with van der Waals surface area (Å²) in [4.78, 5) is 25.7. The molecule has 0 aromatic carbocycles. The van der Waals surface area contributed by atoms with Crippen LogP contribution < -0.4 is 0 Å². The summed E-state index contributed by atoms with van der Waals surface area (Å²) in [5.41, 5.74) is 0.654. The van der Waals surface area contributed by atoms with Crippen molar-refractivity contribution in [1.29, 1.82) is 0 Å². The van der Waals surface area contributed by atoms with E-state index in [9.17, 15) is 9.59 Å². The molecule has 1 aliphatic heterocycles. The van der Waals surface area contributed by atoms with Gasteiger partial charge < -0.3 is 10.0 Å². The summed E-state index contributed by atoms with van der Waals surface area (Å²) < 4.78 is 0. The first-order valence-electron chi connectivity index (χ1n) is 6.79. The molecule has 0 bridgehead atoms. The van der Waals surface area contributed by atoms with Gasteiger partial charge in [0.25, 0.3) is 5.91 Å². The van der Waals surface area contributed by atoms with Crippen LogP contribution in [0, 0.1) is 5.92 Å². The van der Waals surface area contributed by atoms with Gasteiger partial charge in [-0.2, -0.15) is 0 Å². The lowest BCUT2D eigenvalue weighted by molar-refractivity contribution is -0.131. The van der Waals surface area contributed by atoms with Crippen molar-refractivity contribution in [1.82, 2.24) is 4.90 Å². The molecule has 1 amide bonds. The van der Waals surface area contributed by atoms with E-state index in [1.165, 1.54) is 23.8 Å². The van der Waals surface area contributed by atoms with Crippen LogP contribution in [-0.4, -0.2) is 34.5 Å². The summed E-state index contributed by atoms with van der Waals surface area (Å²) in [6, 6.07) is 2.02. The fourth-order valence-electron chi connectivity index (χ4n) is 2.49. The molecule has 4 nitrogen and oxygen atoms in total. The molecule has 0 saturated carbocycles. The highest BCUT2D eigenvalue weighted by atomic mass is 32.1. The Balaban J connectivity index is 2.11. The van der Waals surface area contributed by atoms with Crippen LogP contribution in [0.3, 0.4) is 0 Å². The number of carboxylic acid groups (broad SMARTS) is 1. The number of nitrogens with zero attached hydrogens (tertiary/aromatic N) is 1. The van der Waals surface area contributed by atoms with Crippen molar-refractivity contribution in [3.8, 4) is 0 Å². The Morgan fingerprint density at radius 1 is 1.45 bits per heavy atom. The Hall–Kier alpha value is -1.62. The van der Waals surface area contributed by atoms with Crippen molar-refractivity contribution < 1.29 is 14.7 Å². The van der Waals surface area contributed by atoms with Gasteiger partial charge in [0.15, 0.2) is 0 Å². The molecule has 0 spiro atoms. The Kier molecular flexibility index (Phi) is 4.60. The largest absolute Gasteiger partial charge is 0.478 e. The summed E-state index contributed by atoms with van der Waals surface area (Å²) in [5.74, 6) is -0.405. The van der Waals surface area contributed by atoms with E-state index in [1.54, 1.807) is 11.4 Å². The van der Waals surface area contributed by atoms with Gasteiger partial charge in [0.2, 0.25) is 0 Å². The number of hydrogen-bond donors (Lipinski definition) is 1. The van der Waals surface area contributed by atoms with E-state index in [0.29, 0.717) is 11.5 Å². The molecule has 5 heteroatoms. The van der Waals surface area contributed by atoms with Gasteiger partial charge in [-0.1, -0.05) is 6.92 Å². The van der Waals surface area contributed by atoms with Gasteiger partial charge in [0, 0.05) is 28.9 Å². The van der Waals surface area contributed by atoms with Crippen LogP contribution in [0.1, 0.15) is 41.9 Å². The first-order valence-corrected chi connectivity index (χ1v) is 7.67. The molecule has 0 radical (unpaired) electrons. The Labute approximate surface area is 122 Å². The molecule has 1 aromatic rings. The molecule has 1 aromatic heterocycles.